The standard InChI is InChI=1S/C24H27ClFN3O2/c1-5-9-29-22-12-21(26)17(10-20(22)16(2)13-24(29,3)4)14-27-28-23(30)15-31-19-8-6-7-18(25)11-19/h6-8,10-14H,5,9,15H2,1-4H3,(H,28,30)/b27-14+. The van der Waals surface area contributed by atoms with E-state index in [1.807, 2.05) is 6.92 Å². The Morgan fingerprint density at radius 2 is 2.10 bits per heavy atom. The number of allylic oxidation sites excluding steroid dienone is 1. The molecule has 2 aromatic carbocycles. The number of hydrogen-bond donors (Lipinski definition) is 1. The molecule has 0 saturated carbocycles. The largest absolute Gasteiger partial charge is 0.484 e. The molecule has 3 rings (SSSR count). The molecule has 0 aliphatic carbocycles. The van der Waals surface area contributed by atoms with Gasteiger partial charge in [0.2, 0.25) is 0 Å². The van der Waals surface area contributed by atoms with E-state index in [0.717, 1.165) is 29.8 Å². The van der Waals surface area contributed by atoms with Gasteiger partial charge in [-0.1, -0.05) is 30.7 Å². The lowest BCUT2D eigenvalue weighted by atomic mass is 9.88. The van der Waals surface area contributed by atoms with Gasteiger partial charge in [0.05, 0.1) is 11.8 Å². The van der Waals surface area contributed by atoms with Gasteiger partial charge in [0, 0.05) is 28.4 Å². The van der Waals surface area contributed by atoms with E-state index in [-0.39, 0.29) is 12.1 Å². The van der Waals surface area contributed by atoms with Crippen molar-refractivity contribution in [1.82, 2.24) is 5.43 Å². The average Bonchev–Trinajstić information content (AvgIpc) is 2.70. The normalized spacial score (nSPS) is 14.9. The van der Waals surface area contributed by atoms with E-state index < -0.39 is 11.7 Å². The molecule has 0 atom stereocenters. The number of nitrogens with one attached hydrogen (secondary N) is 1. The summed E-state index contributed by atoms with van der Waals surface area (Å²) in [5.41, 5.74) is 5.40. The lowest BCUT2D eigenvalue weighted by Gasteiger charge is -2.43. The molecule has 0 bridgehead atoms. The summed E-state index contributed by atoms with van der Waals surface area (Å²) < 4.78 is 20.2. The fourth-order valence-corrected chi connectivity index (χ4v) is 3.94. The Bertz CT molecular complexity index is 1030. The van der Waals surface area contributed by atoms with E-state index in [1.165, 1.54) is 6.21 Å². The van der Waals surface area contributed by atoms with E-state index in [0.29, 0.717) is 16.3 Å². The van der Waals surface area contributed by atoms with Crippen molar-refractivity contribution in [3.05, 3.63) is 64.4 Å². The molecule has 164 valence electrons. The summed E-state index contributed by atoms with van der Waals surface area (Å²) in [4.78, 5) is 14.2. The minimum atomic E-state index is -0.457. The van der Waals surface area contributed by atoms with Crippen LogP contribution in [0.2, 0.25) is 5.02 Å². The number of rotatable bonds is 7. The highest BCUT2D eigenvalue weighted by Gasteiger charge is 2.31. The maximum absolute atomic E-state index is 14.8. The van der Waals surface area contributed by atoms with E-state index in [1.54, 1.807) is 36.4 Å². The fourth-order valence-electron chi connectivity index (χ4n) is 3.76. The lowest BCUT2D eigenvalue weighted by Crippen LogP contribution is -2.45. The first kappa shape index (κ1) is 22.8. The topological polar surface area (TPSA) is 53.9 Å². The van der Waals surface area contributed by atoms with Crippen LogP contribution in [-0.4, -0.2) is 30.8 Å². The number of carbonyl (C=O) groups excluding carboxylic acids is 1. The molecular formula is C24H27ClFN3O2. The van der Waals surface area contributed by atoms with Gasteiger partial charge in [-0.05, 0) is 63.1 Å². The summed E-state index contributed by atoms with van der Waals surface area (Å²) in [5, 5.41) is 4.40. The second-order valence-corrected chi connectivity index (χ2v) is 8.50. The van der Waals surface area contributed by atoms with Crippen LogP contribution < -0.4 is 15.1 Å². The third kappa shape index (κ3) is 5.44. The van der Waals surface area contributed by atoms with Crippen molar-refractivity contribution in [3.63, 3.8) is 0 Å². The van der Waals surface area contributed by atoms with Gasteiger partial charge in [-0.25, -0.2) is 9.82 Å². The molecule has 31 heavy (non-hydrogen) atoms. The first-order chi connectivity index (χ1) is 14.7. The van der Waals surface area contributed by atoms with Gasteiger partial charge in [0.25, 0.3) is 5.91 Å². The Hall–Kier alpha value is -2.86. The number of hydrogen-bond acceptors (Lipinski definition) is 4. The van der Waals surface area contributed by atoms with Gasteiger partial charge in [0.1, 0.15) is 11.6 Å². The summed E-state index contributed by atoms with van der Waals surface area (Å²) in [6.07, 6.45) is 4.47. The first-order valence-electron chi connectivity index (χ1n) is 10.2. The van der Waals surface area contributed by atoms with E-state index in [4.69, 9.17) is 16.3 Å². The van der Waals surface area contributed by atoms with Crippen molar-refractivity contribution < 1.29 is 13.9 Å². The summed E-state index contributed by atoms with van der Waals surface area (Å²) in [7, 11) is 0. The zero-order chi connectivity index (χ0) is 22.6. The zero-order valence-corrected chi connectivity index (χ0v) is 19.0. The summed E-state index contributed by atoms with van der Waals surface area (Å²) >= 11 is 5.88. The second-order valence-electron chi connectivity index (χ2n) is 8.06. The van der Waals surface area contributed by atoms with Crippen LogP contribution >= 0.6 is 11.6 Å². The molecule has 0 fully saturated rings. The molecule has 0 spiro atoms. The van der Waals surface area contributed by atoms with Crippen molar-refractivity contribution >= 4 is 35.0 Å². The third-order valence-corrected chi connectivity index (χ3v) is 5.34. The van der Waals surface area contributed by atoms with Crippen LogP contribution in [0.15, 0.2) is 47.6 Å². The Morgan fingerprint density at radius 1 is 1.32 bits per heavy atom. The maximum Gasteiger partial charge on any atom is 0.277 e. The van der Waals surface area contributed by atoms with Crippen LogP contribution in [0, 0.1) is 5.82 Å². The van der Waals surface area contributed by atoms with Crippen LogP contribution in [0.5, 0.6) is 5.75 Å². The van der Waals surface area contributed by atoms with Crippen molar-refractivity contribution in [2.45, 2.75) is 39.7 Å². The van der Waals surface area contributed by atoms with Crippen molar-refractivity contribution in [2.75, 3.05) is 18.1 Å². The number of halogens is 2. The van der Waals surface area contributed by atoms with Gasteiger partial charge in [0.15, 0.2) is 6.61 Å². The Morgan fingerprint density at radius 3 is 2.81 bits per heavy atom. The predicted octanol–water partition coefficient (Wildman–Crippen LogP) is 5.42. The number of ether oxygens (including phenoxy) is 1. The van der Waals surface area contributed by atoms with E-state index in [9.17, 15) is 9.18 Å². The molecule has 1 aliphatic rings. The van der Waals surface area contributed by atoms with Crippen LogP contribution in [0.1, 0.15) is 45.2 Å². The molecule has 5 nitrogen and oxygen atoms in total. The summed E-state index contributed by atoms with van der Waals surface area (Å²) in [6.45, 7) is 8.99. The quantitative estimate of drug-likeness (QED) is 0.459. The number of benzene rings is 2. The molecule has 1 heterocycles. The number of nitrogens with zero attached hydrogens (tertiary/aromatic N) is 2. The highest BCUT2D eigenvalue weighted by molar-refractivity contribution is 6.30. The SMILES string of the molecule is CCCN1c2cc(F)c(/C=N/NC(=O)COc3cccc(Cl)c3)cc2C(C)=CC1(C)C. The number of carbonyl (C=O) groups is 1. The van der Waals surface area contributed by atoms with Gasteiger partial charge >= 0.3 is 0 Å². The summed E-state index contributed by atoms with van der Waals surface area (Å²) in [6, 6.07) is 10.1. The van der Waals surface area contributed by atoms with Crippen molar-refractivity contribution in [2.24, 2.45) is 5.10 Å². The summed E-state index contributed by atoms with van der Waals surface area (Å²) in [5.74, 6) is -0.366. The number of fused-ring (bicyclic) bond motifs is 1. The molecule has 1 N–H and O–H groups in total. The number of anilines is 1. The smallest absolute Gasteiger partial charge is 0.277 e. The lowest BCUT2D eigenvalue weighted by molar-refractivity contribution is -0.123. The van der Waals surface area contributed by atoms with Gasteiger partial charge in [-0.15, -0.1) is 0 Å². The van der Waals surface area contributed by atoms with Gasteiger partial charge < -0.3 is 9.64 Å². The zero-order valence-electron chi connectivity index (χ0n) is 18.2. The van der Waals surface area contributed by atoms with Gasteiger partial charge in [-0.3, -0.25) is 4.79 Å². The van der Waals surface area contributed by atoms with E-state index in [2.05, 4.69) is 42.3 Å². The minimum absolute atomic E-state index is 0.188. The highest BCUT2D eigenvalue weighted by Crippen LogP contribution is 2.39. The van der Waals surface area contributed by atoms with Gasteiger partial charge in [-0.2, -0.15) is 5.10 Å². The van der Waals surface area contributed by atoms with Crippen LogP contribution in [-0.2, 0) is 4.79 Å². The molecule has 0 saturated heterocycles. The van der Waals surface area contributed by atoms with Crippen LogP contribution in [0.4, 0.5) is 10.1 Å². The molecular weight excluding hydrogens is 417 g/mol. The highest BCUT2D eigenvalue weighted by atomic mass is 35.5. The van der Waals surface area contributed by atoms with Crippen LogP contribution in [0.25, 0.3) is 5.57 Å². The molecule has 1 aliphatic heterocycles. The Balaban J connectivity index is 1.70. The molecule has 2 aromatic rings. The number of amides is 1. The predicted molar refractivity (Wildman–Crippen MR) is 124 cm³/mol. The van der Waals surface area contributed by atoms with Crippen molar-refractivity contribution in [3.8, 4) is 5.75 Å². The Kier molecular flexibility index (Phi) is 7.01. The Labute approximate surface area is 187 Å². The monoisotopic (exact) mass is 443 g/mol. The first-order valence-corrected chi connectivity index (χ1v) is 10.6. The molecule has 0 aromatic heterocycles. The number of hydrazone groups is 1. The second kappa shape index (κ2) is 9.52. The minimum Gasteiger partial charge on any atom is -0.484 e. The molecule has 1 amide bonds. The molecule has 0 unspecified atom stereocenters. The van der Waals surface area contributed by atoms with Crippen LogP contribution in [0.3, 0.4) is 0 Å². The third-order valence-electron chi connectivity index (χ3n) is 5.10. The molecule has 0 radical (unpaired) electrons. The van der Waals surface area contributed by atoms with Crippen molar-refractivity contribution in [1.29, 1.82) is 0 Å². The maximum atomic E-state index is 14.8. The molecule has 7 heteroatoms. The average molecular weight is 444 g/mol. The fraction of sp³-hybridized carbons (Fsp3) is 0.333. The van der Waals surface area contributed by atoms with E-state index >= 15 is 0 Å².